The number of nitrogens with one attached hydrogen (secondary N) is 3. The van der Waals surface area contributed by atoms with E-state index in [2.05, 4.69) is 20.9 Å². The van der Waals surface area contributed by atoms with Gasteiger partial charge in [-0.1, -0.05) is 23.3 Å². The summed E-state index contributed by atoms with van der Waals surface area (Å²) in [4.78, 5) is 54.7. The first-order valence-corrected chi connectivity index (χ1v) is 16.3. The van der Waals surface area contributed by atoms with Crippen LogP contribution < -0.4 is 16.0 Å². The fourth-order valence-electron chi connectivity index (χ4n) is 3.26. The first-order chi connectivity index (χ1) is 19.2. The number of rotatable bonds is 17. The second kappa shape index (κ2) is 19.5. The average Bonchev–Trinajstić information content (AvgIpc) is 2.86. The number of alkyl carbamates (subject to hydrolysis) is 2. The molecule has 1 aromatic heterocycles. The van der Waals surface area contributed by atoms with Crippen LogP contribution in [0.15, 0.2) is 29.4 Å². The zero-order valence-electron chi connectivity index (χ0n) is 25.2. The van der Waals surface area contributed by atoms with Crippen molar-refractivity contribution in [3.8, 4) is 0 Å². The fourth-order valence-corrected chi connectivity index (χ4v) is 5.13. The molecule has 0 atom stereocenters. The molecular weight excluding hydrogens is 566 g/mol. The summed E-state index contributed by atoms with van der Waals surface area (Å²) in [6.07, 6.45) is 3.63. The lowest BCUT2D eigenvalue weighted by Gasteiger charge is -2.25. The monoisotopic (exact) mass is 613 g/mol. The van der Waals surface area contributed by atoms with Crippen molar-refractivity contribution < 1.29 is 28.7 Å². The molecule has 41 heavy (non-hydrogen) atoms. The van der Waals surface area contributed by atoms with E-state index < -0.39 is 23.4 Å². The molecule has 0 spiro atoms. The number of hydrogen-bond acceptors (Lipinski definition) is 9. The lowest BCUT2D eigenvalue weighted by molar-refractivity contribution is -0.131. The van der Waals surface area contributed by atoms with Crippen molar-refractivity contribution in [2.75, 3.05) is 38.5 Å². The Morgan fingerprint density at radius 2 is 1.41 bits per heavy atom. The summed E-state index contributed by atoms with van der Waals surface area (Å²) >= 11 is 0. The van der Waals surface area contributed by atoms with Crippen LogP contribution in [0.25, 0.3) is 0 Å². The highest BCUT2D eigenvalue weighted by Crippen LogP contribution is 2.29. The minimum atomic E-state index is -0.617. The highest BCUT2D eigenvalue weighted by molar-refractivity contribution is 8.76. The van der Waals surface area contributed by atoms with Gasteiger partial charge in [0, 0.05) is 57.5 Å². The molecule has 0 fully saturated rings. The maximum absolute atomic E-state index is 12.9. The van der Waals surface area contributed by atoms with Crippen LogP contribution in [0.5, 0.6) is 0 Å². The number of nitrogens with zero attached hydrogens (tertiary/aromatic N) is 2. The SMILES string of the molecule is CC(C)(C)OC(=O)NCCN(CCNC(=O)OC(C)(C)C)C(=O)CCCCCNC(=O)CCSSc1ccccn1. The van der Waals surface area contributed by atoms with Gasteiger partial charge in [-0.15, -0.1) is 0 Å². The van der Waals surface area contributed by atoms with E-state index in [9.17, 15) is 19.2 Å². The molecule has 0 aromatic carbocycles. The molecule has 0 aliphatic heterocycles. The van der Waals surface area contributed by atoms with Crippen molar-refractivity contribution in [1.29, 1.82) is 0 Å². The summed E-state index contributed by atoms with van der Waals surface area (Å²) in [6, 6.07) is 5.73. The van der Waals surface area contributed by atoms with Crippen molar-refractivity contribution in [2.45, 2.75) is 89.9 Å². The van der Waals surface area contributed by atoms with E-state index in [0.29, 0.717) is 31.6 Å². The molecule has 0 radical (unpaired) electrons. The van der Waals surface area contributed by atoms with E-state index >= 15 is 0 Å². The second-order valence-corrected chi connectivity index (χ2v) is 13.7. The summed E-state index contributed by atoms with van der Waals surface area (Å²) in [5, 5.41) is 9.17. The zero-order chi connectivity index (χ0) is 30.7. The molecule has 1 aromatic rings. The predicted octanol–water partition coefficient (Wildman–Crippen LogP) is 4.77. The van der Waals surface area contributed by atoms with Crippen molar-refractivity contribution in [1.82, 2.24) is 25.8 Å². The Hall–Kier alpha value is -2.67. The van der Waals surface area contributed by atoms with Crippen LogP contribution in [-0.4, -0.2) is 83.6 Å². The number of ether oxygens (including phenoxy) is 2. The Bertz CT molecular complexity index is 904. The molecule has 11 nitrogen and oxygen atoms in total. The number of amides is 4. The summed E-state index contributed by atoms with van der Waals surface area (Å²) in [5.74, 6) is 0.632. The largest absolute Gasteiger partial charge is 0.444 e. The van der Waals surface area contributed by atoms with Gasteiger partial charge in [0.25, 0.3) is 0 Å². The van der Waals surface area contributed by atoms with Gasteiger partial charge in [0.2, 0.25) is 11.8 Å². The molecule has 0 bridgehead atoms. The lowest BCUT2D eigenvalue weighted by Crippen LogP contribution is -2.44. The summed E-state index contributed by atoms with van der Waals surface area (Å²) < 4.78 is 10.5. The molecule has 0 aliphatic rings. The fraction of sp³-hybridized carbons (Fsp3) is 0.679. The van der Waals surface area contributed by atoms with Gasteiger partial charge in [-0.25, -0.2) is 14.6 Å². The van der Waals surface area contributed by atoms with Gasteiger partial charge in [-0.2, -0.15) is 0 Å². The molecule has 0 aliphatic carbocycles. The average molecular weight is 614 g/mol. The zero-order valence-corrected chi connectivity index (χ0v) is 26.9. The van der Waals surface area contributed by atoms with Crippen molar-refractivity contribution in [3.63, 3.8) is 0 Å². The van der Waals surface area contributed by atoms with Gasteiger partial charge in [-0.3, -0.25) is 9.59 Å². The smallest absolute Gasteiger partial charge is 0.407 e. The summed E-state index contributed by atoms with van der Waals surface area (Å²) in [6.45, 7) is 12.2. The van der Waals surface area contributed by atoms with Crippen LogP contribution in [0.3, 0.4) is 0 Å². The standard InChI is InChI=1S/C28H47N5O6S2/c1-27(2,3)38-25(36)31-17-19-33(20-18-32-26(37)39-28(4,5)6)24(35)13-8-7-10-15-29-22(34)14-21-40-41-23-12-9-11-16-30-23/h9,11-12,16H,7-8,10,13-15,17-21H2,1-6H3,(H,29,34)(H,31,36)(H,32,37). The third kappa shape index (κ3) is 20.8. The lowest BCUT2D eigenvalue weighted by atomic mass is 10.1. The molecule has 1 rings (SSSR count). The molecule has 1 heterocycles. The topological polar surface area (TPSA) is 139 Å². The highest BCUT2D eigenvalue weighted by Gasteiger charge is 2.19. The first kappa shape index (κ1) is 36.4. The molecule has 0 saturated heterocycles. The Morgan fingerprint density at radius 1 is 0.805 bits per heavy atom. The van der Waals surface area contributed by atoms with Gasteiger partial charge in [0.05, 0.1) is 0 Å². The van der Waals surface area contributed by atoms with Crippen molar-refractivity contribution in [3.05, 3.63) is 24.4 Å². The summed E-state index contributed by atoms with van der Waals surface area (Å²) in [5.41, 5.74) is -1.23. The number of pyridine rings is 1. The number of hydrogen-bond donors (Lipinski definition) is 3. The minimum absolute atomic E-state index is 0.0105. The van der Waals surface area contributed by atoms with Crippen LogP contribution >= 0.6 is 21.6 Å². The minimum Gasteiger partial charge on any atom is -0.444 e. The van der Waals surface area contributed by atoms with Gasteiger partial charge < -0.3 is 30.3 Å². The van der Waals surface area contributed by atoms with Crippen LogP contribution in [0.4, 0.5) is 9.59 Å². The normalized spacial score (nSPS) is 11.4. The van der Waals surface area contributed by atoms with E-state index in [-0.39, 0.29) is 38.0 Å². The van der Waals surface area contributed by atoms with E-state index in [1.54, 1.807) is 74.2 Å². The van der Waals surface area contributed by atoms with E-state index in [1.807, 2.05) is 18.2 Å². The predicted molar refractivity (Wildman–Crippen MR) is 164 cm³/mol. The number of carbonyl (C=O) groups excluding carboxylic acids is 4. The first-order valence-electron chi connectivity index (χ1n) is 13.9. The van der Waals surface area contributed by atoms with E-state index in [4.69, 9.17) is 9.47 Å². The number of aromatic nitrogens is 1. The molecule has 0 saturated carbocycles. The molecule has 3 N–H and O–H groups in total. The van der Waals surface area contributed by atoms with E-state index in [0.717, 1.165) is 17.9 Å². The molecular formula is C28H47N5O6S2. The third-order valence-corrected chi connectivity index (χ3v) is 7.30. The van der Waals surface area contributed by atoms with Crippen LogP contribution in [0.1, 0.15) is 73.6 Å². The van der Waals surface area contributed by atoms with Gasteiger partial charge in [0.15, 0.2) is 0 Å². The summed E-state index contributed by atoms with van der Waals surface area (Å²) in [7, 11) is 3.15. The van der Waals surface area contributed by atoms with Crippen LogP contribution in [0, 0.1) is 0 Å². The van der Waals surface area contributed by atoms with Gasteiger partial charge in [-0.05, 0) is 77.3 Å². The maximum Gasteiger partial charge on any atom is 0.407 e. The number of carbonyl (C=O) groups is 4. The Balaban J connectivity index is 2.33. The van der Waals surface area contributed by atoms with Crippen molar-refractivity contribution >= 4 is 45.6 Å². The van der Waals surface area contributed by atoms with Crippen LogP contribution in [0.2, 0.25) is 0 Å². The Morgan fingerprint density at radius 3 is 1.95 bits per heavy atom. The Labute approximate surface area is 252 Å². The molecule has 4 amide bonds. The van der Waals surface area contributed by atoms with Crippen LogP contribution in [-0.2, 0) is 19.1 Å². The third-order valence-electron chi connectivity index (χ3n) is 5.04. The van der Waals surface area contributed by atoms with Crippen molar-refractivity contribution in [2.24, 2.45) is 0 Å². The molecule has 13 heteroatoms. The molecule has 0 unspecified atom stereocenters. The van der Waals surface area contributed by atoms with Gasteiger partial charge >= 0.3 is 12.2 Å². The Kier molecular flexibility index (Phi) is 17.2. The highest BCUT2D eigenvalue weighted by atomic mass is 33.1. The van der Waals surface area contributed by atoms with E-state index in [1.165, 1.54) is 0 Å². The molecule has 232 valence electrons. The quantitative estimate of drug-likeness (QED) is 0.168. The maximum atomic E-state index is 12.9. The van der Waals surface area contributed by atoms with Gasteiger partial charge in [0.1, 0.15) is 16.2 Å². The second-order valence-electron chi connectivity index (χ2n) is 11.2. The number of unbranched alkanes of at least 4 members (excludes halogenated alkanes) is 2.